The Balaban J connectivity index is 1.99. The topological polar surface area (TPSA) is 56.1 Å². The molecule has 0 unspecified atom stereocenters. The summed E-state index contributed by atoms with van der Waals surface area (Å²) in [5, 5.41) is 2.67. The van der Waals surface area contributed by atoms with Gasteiger partial charge in [-0.1, -0.05) is 6.07 Å². The van der Waals surface area contributed by atoms with Crippen LogP contribution >= 0.6 is 0 Å². The average molecular weight is 263 g/mol. The third kappa shape index (κ3) is 3.09. The van der Waals surface area contributed by atoms with Crippen LogP contribution in [-0.2, 0) is 13.6 Å². The molecule has 2 rings (SSSR count). The van der Waals surface area contributed by atoms with Gasteiger partial charge < -0.3 is 14.6 Å². The summed E-state index contributed by atoms with van der Waals surface area (Å²) in [5.74, 6) is -0.566. The largest absolute Gasteiger partial charge is 0.494 e. The molecule has 5 nitrogen and oxygen atoms in total. The highest BCUT2D eigenvalue weighted by molar-refractivity contribution is 5.91. The molecule has 0 saturated heterocycles. The third-order valence-electron chi connectivity index (χ3n) is 2.61. The Bertz CT molecular complexity index is 595. The van der Waals surface area contributed by atoms with E-state index in [0.29, 0.717) is 11.3 Å². The van der Waals surface area contributed by atoms with E-state index in [1.807, 2.05) is 0 Å². The van der Waals surface area contributed by atoms with Gasteiger partial charge in [0, 0.05) is 19.8 Å². The second kappa shape index (κ2) is 5.51. The molecule has 0 radical (unpaired) electrons. The van der Waals surface area contributed by atoms with Gasteiger partial charge in [-0.2, -0.15) is 0 Å². The molecule has 6 heteroatoms. The number of rotatable bonds is 4. The number of carbonyl (C=O) groups excluding carboxylic acids is 1. The summed E-state index contributed by atoms with van der Waals surface area (Å²) >= 11 is 0. The molecule has 1 N–H and O–H groups in total. The van der Waals surface area contributed by atoms with Crippen molar-refractivity contribution >= 4 is 5.91 Å². The lowest BCUT2D eigenvalue weighted by atomic mass is 10.2. The lowest BCUT2D eigenvalue weighted by molar-refractivity contribution is 0.0946. The van der Waals surface area contributed by atoms with Gasteiger partial charge in [-0.05, 0) is 17.7 Å². The number of nitrogens with zero attached hydrogens (tertiary/aromatic N) is 2. The van der Waals surface area contributed by atoms with E-state index in [1.54, 1.807) is 30.2 Å². The van der Waals surface area contributed by atoms with Crippen molar-refractivity contribution in [3.05, 3.63) is 47.8 Å². The van der Waals surface area contributed by atoms with Gasteiger partial charge in [-0.3, -0.25) is 4.79 Å². The average Bonchev–Trinajstić information content (AvgIpc) is 2.83. The zero-order chi connectivity index (χ0) is 13.8. The zero-order valence-electron chi connectivity index (χ0n) is 10.7. The molecule has 0 aliphatic carbocycles. The van der Waals surface area contributed by atoms with Crippen LogP contribution in [0.1, 0.15) is 16.1 Å². The minimum Gasteiger partial charge on any atom is -0.494 e. The number of hydrogen-bond donors (Lipinski definition) is 1. The van der Waals surface area contributed by atoms with Gasteiger partial charge in [0.25, 0.3) is 5.91 Å². The van der Waals surface area contributed by atoms with Crippen molar-refractivity contribution in [2.45, 2.75) is 6.54 Å². The van der Waals surface area contributed by atoms with Crippen molar-refractivity contribution in [1.29, 1.82) is 0 Å². The van der Waals surface area contributed by atoms with E-state index in [0.717, 1.165) is 0 Å². The maximum atomic E-state index is 13.4. The normalized spacial score (nSPS) is 10.3. The van der Waals surface area contributed by atoms with Gasteiger partial charge in [-0.25, -0.2) is 9.37 Å². The number of hydrogen-bond acceptors (Lipinski definition) is 3. The Hall–Kier alpha value is -2.37. The van der Waals surface area contributed by atoms with Crippen LogP contribution in [0.25, 0.3) is 0 Å². The molecule has 1 aromatic carbocycles. The Morgan fingerprint density at radius 3 is 2.89 bits per heavy atom. The fraction of sp³-hybridized carbons (Fsp3) is 0.231. The van der Waals surface area contributed by atoms with Gasteiger partial charge in [-0.15, -0.1) is 0 Å². The first-order valence-electron chi connectivity index (χ1n) is 5.68. The second-order valence-electron chi connectivity index (χ2n) is 4.08. The van der Waals surface area contributed by atoms with Gasteiger partial charge in [0.05, 0.1) is 13.4 Å². The molecular formula is C13H14FN3O2. The highest BCUT2D eigenvalue weighted by Crippen LogP contribution is 2.17. The Kier molecular flexibility index (Phi) is 3.79. The molecular weight excluding hydrogens is 249 g/mol. The van der Waals surface area contributed by atoms with Crippen LogP contribution < -0.4 is 10.1 Å². The lowest BCUT2D eigenvalue weighted by Crippen LogP contribution is -2.23. The lowest BCUT2D eigenvalue weighted by Gasteiger charge is -2.06. The minimum atomic E-state index is -0.452. The summed E-state index contributed by atoms with van der Waals surface area (Å²) in [5.41, 5.74) is 0.985. The highest BCUT2D eigenvalue weighted by Gasteiger charge is 2.09. The molecule has 0 aliphatic rings. The van der Waals surface area contributed by atoms with E-state index in [2.05, 4.69) is 10.3 Å². The van der Waals surface area contributed by atoms with E-state index in [-0.39, 0.29) is 18.2 Å². The van der Waals surface area contributed by atoms with Crippen LogP contribution in [0.4, 0.5) is 4.39 Å². The Labute approximate surface area is 110 Å². The Morgan fingerprint density at radius 2 is 2.32 bits per heavy atom. The Morgan fingerprint density at radius 1 is 1.53 bits per heavy atom. The van der Waals surface area contributed by atoms with Crippen molar-refractivity contribution in [3.63, 3.8) is 0 Å². The third-order valence-corrected chi connectivity index (χ3v) is 2.61. The summed E-state index contributed by atoms with van der Waals surface area (Å²) < 4.78 is 20.0. The molecule has 2 aromatic rings. The maximum Gasteiger partial charge on any atom is 0.271 e. The number of nitrogens with one attached hydrogen (secondary N) is 1. The van der Waals surface area contributed by atoms with E-state index >= 15 is 0 Å². The number of imidazole rings is 1. The number of aromatic nitrogens is 2. The maximum absolute atomic E-state index is 13.4. The SMILES string of the molecule is COc1ccc(CNC(=O)c2cn(C)cn2)cc1F. The van der Waals surface area contributed by atoms with E-state index < -0.39 is 5.82 Å². The quantitative estimate of drug-likeness (QED) is 0.909. The van der Waals surface area contributed by atoms with Gasteiger partial charge >= 0.3 is 0 Å². The number of halogens is 1. The van der Waals surface area contributed by atoms with Crippen LogP contribution in [0.5, 0.6) is 5.75 Å². The van der Waals surface area contributed by atoms with Crippen molar-refractivity contribution in [2.75, 3.05) is 7.11 Å². The summed E-state index contributed by atoms with van der Waals surface area (Å²) in [6.07, 6.45) is 3.16. The molecule has 100 valence electrons. The fourth-order valence-electron chi connectivity index (χ4n) is 1.62. The van der Waals surface area contributed by atoms with Gasteiger partial charge in [0.1, 0.15) is 5.69 Å². The molecule has 1 aromatic heterocycles. The summed E-state index contributed by atoms with van der Waals surface area (Å²) in [7, 11) is 3.18. The van der Waals surface area contributed by atoms with Gasteiger partial charge in [0.2, 0.25) is 0 Å². The summed E-state index contributed by atoms with van der Waals surface area (Å²) in [6.45, 7) is 0.232. The number of ether oxygens (including phenoxy) is 1. The number of aryl methyl sites for hydroxylation is 1. The van der Waals surface area contributed by atoms with Crippen molar-refractivity contribution in [2.24, 2.45) is 7.05 Å². The fourth-order valence-corrected chi connectivity index (χ4v) is 1.62. The van der Waals surface area contributed by atoms with E-state index in [1.165, 1.54) is 19.2 Å². The first kappa shape index (κ1) is 13.1. The molecule has 1 heterocycles. The molecule has 19 heavy (non-hydrogen) atoms. The smallest absolute Gasteiger partial charge is 0.271 e. The van der Waals surface area contributed by atoms with Crippen LogP contribution in [0.3, 0.4) is 0 Å². The number of methoxy groups -OCH3 is 1. The molecule has 1 amide bonds. The summed E-state index contributed by atoms with van der Waals surface area (Å²) in [6, 6.07) is 4.55. The first-order valence-corrected chi connectivity index (χ1v) is 5.68. The number of amides is 1. The van der Waals surface area contributed by atoms with E-state index in [9.17, 15) is 9.18 Å². The molecule has 0 saturated carbocycles. The van der Waals surface area contributed by atoms with E-state index in [4.69, 9.17) is 4.74 Å². The van der Waals surface area contributed by atoms with Crippen molar-refractivity contribution in [1.82, 2.24) is 14.9 Å². The molecule has 0 spiro atoms. The molecule has 0 bridgehead atoms. The number of benzene rings is 1. The number of carbonyl (C=O) groups is 1. The van der Waals surface area contributed by atoms with Crippen LogP contribution in [0, 0.1) is 5.82 Å². The summed E-state index contributed by atoms with van der Waals surface area (Å²) in [4.78, 5) is 15.7. The van der Waals surface area contributed by atoms with Crippen LogP contribution in [0.15, 0.2) is 30.7 Å². The highest BCUT2D eigenvalue weighted by atomic mass is 19.1. The predicted octanol–water partition coefficient (Wildman–Crippen LogP) is 1.50. The minimum absolute atomic E-state index is 0.180. The van der Waals surface area contributed by atoms with Crippen molar-refractivity contribution in [3.8, 4) is 5.75 Å². The zero-order valence-corrected chi connectivity index (χ0v) is 10.7. The predicted molar refractivity (Wildman–Crippen MR) is 67.3 cm³/mol. The standard InChI is InChI=1S/C13H14FN3O2/c1-17-7-11(16-8-17)13(18)15-6-9-3-4-12(19-2)10(14)5-9/h3-5,7-8H,6H2,1-2H3,(H,15,18). The molecule has 0 fully saturated rings. The van der Waals surface area contributed by atoms with Gasteiger partial charge in [0.15, 0.2) is 11.6 Å². The second-order valence-corrected chi connectivity index (χ2v) is 4.08. The first-order chi connectivity index (χ1) is 9.10. The monoisotopic (exact) mass is 263 g/mol. The molecule has 0 aliphatic heterocycles. The van der Waals surface area contributed by atoms with Crippen molar-refractivity contribution < 1.29 is 13.9 Å². The van der Waals surface area contributed by atoms with Crippen LogP contribution in [-0.4, -0.2) is 22.6 Å². The van der Waals surface area contributed by atoms with Crippen LogP contribution in [0.2, 0.25) is 0 Å². The molecule has 0 atom stereocenters.